The minimum absolute atomic E-state index is 0.236. The van der Waals surface area contributed by atoms with E-state index >= 15 is 0 Å². The Balaban J connectivity index is 1.42. The Morgan fingerprint density at radius 3 is 2.67 bits per heavy atom. The molecule has 3 N–H and O–H groups in total. The molecule has 1 aromatic rings. The number of nitrogens with one attached hydrogen (secondary N) is 3. The first kappa shape index (κ1) is 22.0. The minimum atomic E-state index is -0.236. The molecule has 5 nitrogen and oxygen atoms in total. The number of amides is 2. The van der Waals surface area contributed by atoms with Crippen LogP contribution in [0.25, 0.3) is 0 Å². The Labute approximate surface area is 183 Å². The highest BCUT2D eigenvalue weighted by Crippen LogP contribution is 2.35. The average molecular weight is 428 g/mol. The third-order valence-corrected chi connectivity index (χ3v) is 5.17. The maximum absolute atomic E-state index is 12.2. The van der Waals surface area contributed by atoms with Crippen LogP contribution in [0.15, 0.2) is 71.3 Å². The molecule has 1 aliphatic heterocycles. The molecule has 0 saturated heterocycles. The fraction of sp³-hybridized carbons (Fsp3) is 0.375. The van der Waals surface area contributed by atoms with Gasteiger partial charge in [-0.25, -0.2) is 4.79 Å². The predicted octanol–water partition coefficient (Wildman–Crippen LogP) is 5.32. The highest BCUT2D eigenvalue weighted by molar-refractivity contribution is 6.30. The van der Waals surface area contributed by atoms with Gasteiger partial charge in [-0.2, -0.15) is 0 Å². The first-order chi connectivity index (χ1) is 14.5. The molecule has 0 spiro atoms. The van der Waals surface area contributed by atoms with Crippen LogP contribution in [0.3, 0.4) is 0 Å². The Morgan fingerprint density at radius 2 is 2.03 bits per heavy atom. The molecule has 6 heteroatoms. The number of benzene rings is 1. The van der Waals surface area contributed by atoms with Crippen LogP contribution in [0.4, 0.5) is 4.79 Å². The summed E-state index contributed by atoms with van der Waals surface area (Å²) >= 11 is 5.88. The Kier molecular flexibility index (Phi) is 8.03. The van der Waals surface area contributed by atoms with Crippen molar-refractivity contribution in [2.45, 2.75) is 52.1 Å². The van der Waals surface area contributed by atoms with Gasteiger partial charge in [-0.05, 0) is 68.5 Å². The SMILES string of the molecule is C/C=C(\C=C/C[C@H](C)NC(C1=CCCO1)=C1CC1)NC(=O)NCc1ccc(Cl)cc1. The fourth-order valence-corrected chi connectivity index (χ4v) is 3.25. The molecule has 1 aliphatic carbocycles. The van der Waals surface area contributed by atoms with Crippen molar-refractivity contribution in [3.63, 3.8) is 0 Å². The maximum atomic E-state index is 12.2. The molecule has 2 aliphatic rings. The zero-order valence-electron chi connectivity index (χ0n) is 17.6. The van der Waals surface area contributed by atoms with E-state index in [4.69, 9.17) is 16.3 Å². The van der Waals surface area contributed by atoms with Gasteiger partial charge in [0.1, 0.15) is 5.76 Å². The summed E-state index contributed by atoms with van der Waals surface area (Å²) in [6.45, 7) is 5.28. The van der Waals surface area contributed by atoms with Gasteiger partial charge in [-0.1, -0.05) is 35.9 Å². The molecule has 30 heavy (non-hydrogen) atoms. The number of carbonyl (C=O) groups is 1. The molecule has 2 amide bonds. The minimum Gasteiger partial charge on any atom is -0.491 e. The second kappa shape index (κ2) is 10.9. The van der Waals surface area contributed by atoms with E-state index in [-0.39, 0.29) is 12.1 Å². The van der Waals surface area contributed by atoms with E-state index in [2.05, 4.69) is 35.0 Å². The first-order valence-electron chi connectivity index (χ1n) is 10.5. The molecule has 1 heterocycles. The summed E-state index contributed by atoms with van der Waals surface area (Å²) in [5, 5.41) is 10.0. The van der Waals surface area contributed by atoms with Crippen LogP contribution in [-0.4, -0.2) is 18.7 Å². The third kappa shape index (κ3) is 6.99. The van der Waals surface area contributed by atoms with Gasteiger partial charge in [0, 0.05) is 29.7 Å². The highest BCUT2D eigenvalue weighted by Gasteiger charge is 2.23. The number of hydrogen-bond acceptors (Lipinski definition) is 3. The van der Waals surface area contributed by atoms with Crippen LogP contribution in [0.2, 0.25) is 5.02 Å². The van der Waals surface area contributed by atoms with Gasteiger partial charge in [0.15, 0.2) is 0 Å². The number of ether oxygens (including phenoxy) is 1. The molecule has 1 atom stereocenters. The average Bonchev–Trinajstić information content (AvgIpc) is 3.44. The van der Waals surface area contributed by atoms with Crippen LogP contribution in [0.5, 0.6) is 0 Å². The molecule has 1 aromatic carbocycles. The van der Waals surface area contributed by atoms with Crippen LogP contribution in [-0.2, 0) is 11.3 Å². The number of hydrogen-bond donors (Lipinski definition) is 3. The summed E-state index contributed by atoms with van der Waals surface area (Å²) in [7, 11) is 0. The van der Waals surface area contributed by atoms with Crippen LogP contribution in [0, 0.1) is 0 Å². The van der Waals surface area contributed by atoms with Gasteiger partial charge >= 0.3 is 6.03 Å². The van der Waals surface area contributed by atoms with Crippen LogP contribution < -0.4 is 16.0 Å². The summed E-state index contributed by atoms with van der Waals surface area (Å²) in [5.41, 5.74) is 4.39. The van der Waals surface area contributed by atoms with Gasteiger partial charge in [-0.3, -0.25) is 0 Å². The van der Waals surface area contributed by atoms with E-state index in [9.17, 15) is 4.79 Å². The number of halogens is 1. The summed E-state index contributed by atoms with van der Waals surface area (Å²) < 4.78 is 5.73. The van der Waals surface area contributed by atoms with Crippen molar-refractivity contribution in [2.75, 3.05) is 6.61 Å². The van der Waals surface area contributed by atoms with E-state index in [1.165, 1.54) is 11.3 Å². The van der Waals surface area contributed by atoms with Crippen molar-refractivity contribution in [3.8, 4) is 0 Å². The number of carbonyl (C=O) groups excluding carboxylic acids is 1. The molecular weight excluding hydrogens is 398 g/mol. The van der Waals surface area contributed by atoms with E-state index in [1.807, 2.05) is 43.3 Å². The summed E-state index contributed by atoms with van der Waals surface area (Å²) in [6.07, 6.45) is 12.2. The van der Waals surface area contributed by atoms with Crippen molar-refractivity contribution in [3.05, 3.63) is 81.9 Å². The van der Waals surface area contributed by atoms with E-state index in [1.54, 1.807) is 0 Å². The molecule has 1 fully saturated rings. The van der Waals surface area contributed by atoms with Gasteiger partial charge in [0.2, 0.25) is 0 Å². The van der Waals surface area contributed by atoms with Crippen LogP contribution in [0.1, 0.15) is 45.1 Å². The van der Waals surface area contributed by atoms with Gasteiger partial charge < -0.3 is 20.7 Å². The molecule has 160 valence electrons. The van der Waals surface area contributed by atoms with E-state index in [0.717, 1.165) is 49.3 Å². The topological polar surface area (TPSA) is 62.4 Å². The maximum Gasteiger partial charge on any atom is 0.319 e. The normalized spacial score (nSPS) is 16.7. The number of urea groups is 1. The summed E-state index contributed by atoms with van der Waals surface area (Å²) in [6, 6.07) is 7.44. The standard InChI is InChI=1S/C24H30ClN3O2/c1-3-21(28-24(29)26-16-18-9-13-20(25)14-10-18)7-4-6-17(2)27-23(19-11-12-19)22-8-5-15-30-22/h3-4,7-10,13-14,17,27H,5-6,11-12,15-16H2,1-2H3,(H2,26,28,29)/b7-4-,21-3+/t17-/m0/s1. The van der Waals surface area contributed by atoms with Gasteiger partial charge in [0.25, 0.3) is 0 Å². The quantitative estimate of drug-likeness (QED) is 0.467. The predicted molar refractivity (Wildman–Crippen MR) is 122 cm³/mol. The second-order valence-corrected chi connectivity index (χ2v) is 7.98. The zero-order chi connectivity index (χ0) is 21.3. The molecule has 3 rings (SSSR count). The molecule has 1 saturated carbocycles. The smallest absolute Gasteiger partial charge is 0.319 e. The van der Waals surface area contributed by atoms with Gasteiger partial charge in [-0.15, -0.1) is 0 Å². The van der Waals surface area contributed by atoms with Crippen molar-refractivity contribution in [1.82, 2.24) is 16.0 Å². The Hall–Kier alpha value is -2.66. The lowest BCUT2D eigenvalue weighted by atomic mass is 10.2. The van der Waals surface area contributed by atoms with E-state index in [0.29, 0.717) is 11.6 Å². The fourth-order valence-electron chi connectivity index (χ4n) is 3.13. The first-order valence-corrected chi connectivity index (χ1v) is 10.9. The molecule has 0 radical (unpaired) electrons. The number of rotatable bonds is 9. The summed E-state index contributed by atoms with van der Waals surface area (Å²) in [5.74, 6) is 1.01. The molecule has 0 aromatic heterocycles. The van der Waals surface area contributed by atoms with Crippen molar-refractivity contribution in [2.24, 2.45) is 0 Å². The van der Waals surface area contributed by atoms with Crippen molar-refractivity contribution >= 4 is 17.6 Å². The number of allylic oxidation sites excluding steroid dienone is 3. The van der Waals surface area contributed by atoms with Crippen molar-refractivity contribution < 1.29 is 9.53 Å². The monoisotopic (exact) mass is 427 g/mol. The third-order valence-electron chi connectivity index (χ3n) is 4.92. The lowest BCUT2D eigenvalue weighted by molar-refractivity contribution is 0.243. The van der Waals surface area contributed by atoms with Crippen LogP contribution >= 0.6 is 11.6 Å². The molecule has 0 unspecified atom stereocenters. The molecular formula is C24H30ClN3O2. The highest BCUT2D eigenvalue weighted by atomic mass is 35.5. The van der Waals surface area contributed by atoms with Crippen molar-refractivity contribution in [1.29, 1.82) is 0 Å². The zero-order valence-corrected chi connectivity index (χ0v) is 18.4. The summed E-state index contributed by atoms with van der Waals surface area (Å²) in [4.78, 5) is 12.2. The lowest BCUT2D eigenvalue weighted by Crippen LogP contribution is -2.34. The Morgan fingerprint density at radius 1 is 1.27 bits per heavy atom. The largest absolute Gasteiger partial charge is 0.491 e. The lowest BCUT2D eigenvalue weighted by Gasteiger charge is -2.17. The molecule has 0 bridgehead atoms. The Bertz CT molecular complexity index is 863. The second-order valence-electron chi connectivity index (χ2n) is 7.55. The van der Waals surface area contributed by atoms with E-state index < -0.39 is 0 Å². The van der Waals surface area contributed by atoms with Gasteiger partial charge in [0.05, 0.1) is 12.3 Å².